The number of carbonyl (C=O) groups excluding carboxylic acids is 1. The zero-order valence-corrected chi connectivity index (χ0v) is 14.0. The smallest absolute Gasteiger partial charge is 0.323 e. The van der Waals surface area contributed by atoms with E-state index in [9.17, 15) is 4.79 Å². The molecule has 2 fully saturated rings. The second-order valence-corrected chi connectivity index (χ2v) is 7.13. The van der Waals surface area contributed by atoms with Crippen molar-refractivity contribution in [3.63, 3.8) is 0 Å². The first-order chi connectivity index (χ1) is 10.6. The number of esters is 1. The Kier molecular flexibility index (Phi) is 5.13. The molecule has 0 unspecified atom stereocenters. The van der Waals surface area contributed by atoms with Gasteiger partial charge in [-0.25, -0.2) is 0 Å². The lowest BCUT2D eigenvalue weighted by Crippen LogP contribution is -2.47. The fourth-order valence-electron chi connectivity index (χ4n) is 3.20. The first kappa shape index (κ1) is 15.9. The summed E-state index contributed by atoms with van der Waals surface area (Å²) in [6.07, 6.45) is 1.04. The number of ether oxygens (including phenoxy) is 2. The Bertz CT molecular complexity index is 494. The van der Waals surface area contributed by atoms with Crippen molar-refractivity contribution in [1.82, 2.24) is 10.2 Å². The zero-order valence-electron chi connectivity index (χ0n) is 13.2. The molecule has 0 saturated carbocycles. The lowest BCUT2D eigenvalue weighted by molar-refractivity contribution is -0.142. The van der Waals surface area contributed by atoms with Crippen LogP contribution in [0.4, 0.5) is 0 Å². The molecule has 3 heterocycles. The van der Waals surface area contributed by atoms with E-state index < -0.39 is 0 Å². The Morgan fingerprint density at radius 2 is 2.32 bits per heavy atom. The van der Waals surface area contributed by atoms with Gasteiger partial charge >= 0.3 is 5.97 Å². The topological polar surface area (TPSA) is 50.8 Å². The molecule has 2 aliphatic rings. The minimum absolute atomic E-state index is 0.0218. The summed E-state index contributed by atoms with van der Waals surface area (Å²) in [6.45, 7) is 7.45. The quantitative estimate of drug-likeness (QED) is 0.837. The summed E-state index contributed by atoms with van der Waals surface area (Å²) in [5.41, 5.74) is 0. The van der Waals surface area contributed by atoms with Gasteiger partial charge in [-0.15, -0.1) is 11.3 Å². The molecule has 1 aromatic heterocycles. The van der Waals surface area contributed by atoms with Crippen molar-refractivity contribution in [2.24, 2.45) is 0 Å². The van der Waals surface area contributed by atoms with Crippen LogP contribution in [0.5, 0.6) is 0 Å². The third-order valence-electron chi connectivity index (χ3n) is 4.31. The number of cyclic esters (lactones) is 1. The highest BCUT2D eigenvalue weighted by Gasteiger charge is 2.33. The van der Waals surface area contributed by atoms with E-state index >= 15 is 0 Å². The number of nitrogens with zero attached hydrogens (tertiary/aromatic N) is 1. The minimum Gasteiger partial charge on any atom is -0.461 e. The van der Waals surface area contributed by atoms with Crippen LogP contribution < -0.4 is 5.32 Å². The highest BCUT2D eigenvalue weighted by Crippen LogP contribution is 2.27. The van der Waals surface area contributed by atoms with Gasteiger partial charge in [0.25, 0.3) is 0 Å². The van der Waals surface area contributed by atoms with Gasteiger partial charge in [0.2, 0.25) is 0 Å². The van der Waals surface area contributed by atoms with Gasteiger partial charge in [0.15, 0.2) is 0 Å². The molecule has 4 atom stereocenters. The molecule has 0 aliphatic carbocycles. The lowest BCUT2D eigenvalue weighted by Gasteiger charge is -2.37. The SMILES string of the molecule is C[C@@H]1CN([C@H](CN[C@H]2C[C@@H](C)OC2=O)c2cccs2)CCO1. The molecule has 5 nitrogen and oxygen atoms in total. The van der Waals surface area contributed by atoms with Crippen LogP contribution >= 0.6 is 11.3 Å². The Morgan fingerprint density at radius 3 is 2.95 bits per heavy atom. The third-order valence-corrected chi connectivity index (χ3v) is 5.29. The van der Waals surface area contributed by atoms with Crippen LogP contribution in [0.25, 0.3) is 0 Å². The lowest BCUT2D eigenvalue weighted by atomic mass is 10.1. The van der Waals surface area contributed by atoms with E-state index in [1.165, 1.54) is 4.88 Å². The third kappa shape index (κ3) is 3.68. The van der Waals surface area contributed by atoms with Crippen LogP contribution in [-0.4, -0.2) is 55.4 Å². The van der Waals surface area contributed by atoms with Gasteiger partial charge in [-0.3, -0.25) is 9.69 Å². The van der Waals surface area contributed by atoms with Crippen molar-refractivity contribution in [2.45, 2.75) is 44.6 Å². The molecule has 22 heavy (non-hydrogen) atoms. The number of carbonyl (C=O) groups is 1. The normalized spacial score (nSPS) is 31.2. The van der Waals surface area contributed by atoms with E-state index in [0.29, 0.717) is 0 Å². The maximum absolute atomic E-state index is 11.8. The van der Waals surface area contributed by atoms with Crippen LogP contribution in [0, 0.1) is 0 Å². The maximum atomic E-state index is 11.8. The molecule has 0 spiro atoms. The van der Waals surface area contributed by atoms with E-state index in [1.54, 1.807) is 11.3 Å². The fraction of sp³-hybridized carbons (Fsp3) is 0.688. The summed E-state index contributed by atoms with van der Waals surface area (Å²) in [5, 5.41) is 5.52. The molecular weight excluding hydrogens is 300 g/mol. The summed E-state index contributed by atoms with van der Waals surface area (Å²) < 4.78 is 10.9. The predicted octanol–water partition coefficient (Wildman–Crippen LogP) is 1.80. The molecule has 2 saturated heterocycles. The molecule has 1 aromatic rings. The molecule has 6 heteroatoms. The highest BCUT2D eigenvalue weighted by atomic mass is 32.1. The molecule has 0 amide bonds. The Balaban J connectivity index is 1.65. The van der Waals surface area contributed by atoms with E-state index in [0.717, 1.165) is 32.7 Å². The molecule has 0 aromatic carbocycles. The largest absolute Gasteiger partial charge is 0.461 e. The first-order valence-corrected chi connectivity index (χ1v) is 8.84. The summed E-state index contributed by atoms with van der Waals surface area (Å²) in [6, 6.07) is 4.38. The first-order valence-electron chi connectivity index (χ1n) is 7.96. The number of morpholine rings is 1. The van der Waals surface area contributed by atoms with Crippen molar-refractivity contribution in [3.8, 4) is 0 Å². The van der Waals surface area contributed by atoms with Gasteiger partial charge in [0, 0.05) is 30.9 Å². The zero-order chi connectivity index (χ0) is 15.5. The standard InChI is InChI=1S/C16H24N2O3S/c1-11-8-13(16(19)21-11)17-9-14(15-4-3-7-22-15)18-5-6-20-12(2)10-18/h3-4,7,11-14,17H,5-6,8-10H2,1-2H3/t11-,12-,13+,14-/m1/s1. The van der Waals surface area contributed by atoms with E-state index in [4.69, 9.17) is 9.47 Å². The van der Waals surface area contributed by atoms with E-state index in [1.807, 2.05) is 6.92 Å². The molecule has 1 N–H and O–H groups in total. The Labute approximate surface area is 135 Å². The second kappa shape index (κ2) is 7.08. The van der Waals surface area contributed by atoms with Gasteiger partial charge in [-0.2, -0.15) is 0 Å². The maximum Gasteiger partial charge on any atom is 0.323 e. The van der Waals surface area contributed by atoms with Crippen molar-refractivity contribution in [3.05, 3.63) is 22.4 Å². The summed E-state index contributed by atoms with van der Waals surface area (Å²) in [5.74, 6) is -0.118. The summed E-state index contributed by atoms with van der Waals surface area (Å²) in [7, 11) is 0. The number of thiophene rings is 1. The fourth-order valence-corrected chi connectivity index (χ4v) is 4.06. The van der Waals surface area contributed by atoms with Gasteiger partial charge in [-0.05, 0) is 25.3 Å². The van der Waals surface area contributed by atoms with Crippen LogP contribution in [-0.2, 0) is 14.3 Å². The van der Waals surface area contributed by atoms with Crippen LogP contribution in [0.15, 0.2) is 17.5 Å². The van der Waals surface area contributed by atoms with Crippen molar-refractivity contribution in [1.29, 1.82) is 0 Å². The van der Waals surface area contributed by atoms with Crippen LogP contribution in [0.3, 0.4) is 0 Å². The number of hydrogen-bond acceptors (Lipinski definition) is 6. The molecule has 0 bridgehead atoms. The highest BCUT2D eigenvalue weighted by molar-refractivity contribution is 7.10. The average molecular weight is 324 g/mol. The average Bonchev–Trinajstić information content (AvgIpc) is 3.10. The van der Waals surface area contributed by atoms with Gasteiger partial charge in [0.1, 0.15) is 12.1 Å². The molecule has 3 rings (SSSR count). The van der Waals surface area contributed by atoms with Gasteiger partial charge in [-0.1, -0.05) is 6.07 Å². The second-order valence-electron chi connectivity index (χ2n) is 6.15. The Hall–Kier alpha value is -0.950. The minimum atomic E-state index is -0.170. The van der Waals surface area contributed by atoms with Crippen molar-refractivity contribution >= 4 is 17.3 Å². The van der Waals surface area contributed by atoms with Crippen molar-refractivity contribution < 1.29 is 14.3 Å². The number of hydrogen-bond donors (Lipinski definition) is 1. The van der Waals surface area contributed by atoms with Crippen LogP contribution in [0.1, 0.15) is 31.2 Å². The molecule has 0 radical (unpaired) electrons. The van der Waals surface area contributed by atoms with Gasteiger partial charge in [0.05, 0.1) is 18.8 Å². The van der Waals surface area contributed by atoms with Gasteiger partial charge < -0.3 is 14.8 Å². The Morgan fingerprint density at radius 1 is 1.45 bits per heavy atom. The molecule has 2 aliphatic heterocycles. The van der Waals surface area contributed by atoms with E-state index in [-0.39, 0.29) is 30.3 Å². The van der Waals surface area contributed by atoms with Crippen LogP contribution in [0.2, 0.25) is 0 Å². The van der Waals surface area contributed by atoms with E-state index in [2.05, 4.69) is 34.7 Å². The van der Waals surface area contributed by atoms with Crippen molar-refractivity contribution in [2.75, 3.05) is 26.2 Å². The molecule has 122 valence electrons. The predicted molar refractivity (Wildman–Crippen MR) is 86.0 cm³/mol. The summed E-state index contributed by atoms with van der Waals surface area (Å²) >= 11 is 1.77. The number of rotatable bonds is 5. The summed E-state index contributed by atoms with van der Waals surface area (Å²) in [4.78, 5) is 15.6. The number of nitrogens with one attached hydrogen (secondary N) is 1. The molecular formula is C16H24N2O3S. The monoisotopic (exact) mass is 324 g/mol.